The van der Waals surface area contributed by atoms with Gasteiger partial charge in [0.15, 0.2) is 6.29 Å². The fourth-order valence-electron chi connectivity index (χ4n) is 1.22. The van der Waals surface area contributed by atoms with Gasteiger partial charge < -0.3 is 14.6 Å². The molecule has 0 amide bonds. The summed E-state index contributed by atoms with van der Waals surface area (Å²) in [6, 6.07) is 7.13. The molecule has 1 aromatic rings. The molecule has 0 aromatic heterocycles. The number of thioether (sulfide) groups is 1. The van der Waals surface area contributed by atoms with Crippen LogP contribution in [0.5, 0.6) is 5.75 Å². The van der Waals surface area contributed by atoms with E-state index in [1.54, 1.807) is 23.9 Å². The van der Waals surface area contributed by atoms with Gasteiger partial charge in [0.25, 0.3) is 0 Å². The molecule has 0 saturated carbocycles. The Morgan fingerprint density at radius 3 is 2.19 bits per heavy atom. The monoisotopic (exact) mass is 242 g/mol. The first-order chi connectivity index (χ1) is 7.76. The van der Waals surface area contributed by atoms with Crippen LogP contribution in [-0.4, -0.2) is 30.4 Å². The van der Waals surface area contributed by atoms with E-state index in [0.717, 1.165) is 10.6 Å². The van der Waals surface area contributed by atoms with E-state index in [1.165, 1.54) is 0 Å². The van der Waals surface area contributed by atoms with Crippen molar-refractivity contribution in [2.75, 3.05) is 19.0 Å². The summed E-state index contributed by atoms with van der Waals surface area (Å²) in [6.45, 7) is 5.22. The number of hydrogen-bond acceptors (Lipinski definition) is 4. The third-order valence-corrected chi connectivity index (χ3v) is 2.97. The predicted octanol–water partition coefficient (Wildman–Crippen LogP) is 2.88. The van der Waals surface area contributed by atoms with Crippen LogP contribution >= 0.6 is 11.8 Å². The molecule has 0 radical (unpaired) electrons. The van der Waals surface area contributed by atoms with E-state index in [1.807, 2.05) is 26.0 Å². The zero-order valence-electron chi connectivity index (χ0n) is 9.68. The molecule has 1 aromatic carbocycles. The van der Waals surface area contributed by atoms with E-state index in [0.29, 0.717) is 13.2 Å². The van der Waals surface area contributed by atoms with Crippen molar-refractivity contribution >= 4 is 11.8 Å². The highest BCUT2D eigenvalue weighted by molar-refractivity contribution is 7.99. The van der Waals surface area contributed by atoms with Crippen LogP contribution in [0.25, 0.3) is 0 Å². The van der Waals surface area contributed by atoms with Crippen molar-refractivity contribution in [3.63, 3.8) is 0 Å². The molecule has 3 nitrogen and oxygen atoms in total. The molecule has 0 aliphatic carbocycles. The van der Waals surface area contributed by atoms with Crippen molar-refractivity contribution < 1.29 is 14.6 Å². The molecule has 4 heteroatoms. The molecule has 0 aliphatic heterocycles. The topological polar surface area (TPSA) is 38.7 Å². The van der Waals surface area contributed by atoms with Crippen LogP contribution in [0.1, 0.15) is 13.8 Å². The SMILES string of the molecule is CCOC(CSc1ccc(O)cc1)OCC. The molecule has 0 atom stereocenters. The zero-order valence-corrected chi connectivity index (χ0v) is 10.5. The quantitative estimate of drug-likeness (QED) is 0.589. The Morgan fingerprint density at radius 2 is 1.69 bits per heavy atom. The molecule has 90 valence electrons. The number of rotatable bonds is 7. The average Bonchev–Trinajstić information content (AvgIpc) is 2.29. The summed E-state index contributed by atoms with van der Waals surface area (Å²) in [6.07, 6.45) is -0.159. The molecule has 0 heterocycles. The lowest BCUT2D eigenvalue weighted by atomic mass is 10.3. The van der Waals surface area contributed by atoms with E-state index in [2.05, 4.69) is 0 Å². The average molecular weight is 242 g/mol. The Morgan fingerprint density at radius 1 is 1.12 bits per heavy atom. The minimum absolute atomic E-state index is 0.159. The standard InChI is InChI=1S/C12H18O3S/c1-3-14-12(15-4-2)9-16-11-7-5-10(13)6-8-11/h5-8,12-13H,3-4,9H2,1-2H3. The molecule has 0 unspecified atom stereocenters. The normalized spacial score (nSPS) is 10.9. The predicted molar refractivity (Wildman–Crippen MR) is 65.9 cm³/mol. The third-order valence-electron chi connectivity index (χ3n) is 1.93. The molecule has 0 spiro atoms. The number of aromatic hydroxyl groups is 1. The van der Waals surface area contributed by atoms with E-state index >= 15 is 0 Å². The summed E-state index contributed by atoms with van der Waals surface area (Å²) in [4.78, 5) is 1.10. The Labute approximate surface area is 101 Å². The summed E-state index contributed by atoms with van der Waals surface area (Å²) < 4.78 is 10.9. The van der Waals surface area contributed by atoms with Gasteiger partial charge in [0.1, 0.15) is 5.75 Å². The maximum absolute atomic E-state index is 9.14. The van der Waals surface area contributed by atoms with Crippen molar-refractivity contribution in [1.82, 2.24) is 0 Å². The van der Waals surface area contributed by atoms with Gasteiger partial charge in [0.05, 0.1) is 0 Å². The Kier molecular flexibility index (Phi) is 6.30. The highest BCUT2D eigenvalue weighted by Crippen LogP contribution is 2.22. The van der Waals surface area contributed by atoms with Gasteiger partial charge in [-0.3, -0.25) is 0 Å². The van der Waals surface area contributed by atoms with Gasteiger partial charge in [-0.15, -0.1) is 11.8 Å². The second kappa shape index (κ2) is 7.54. The molecular formula is C12H18O3S. The lowest BCUT2D eigenvalue weighted by Gasteiger charge is -2.16. The van der Waals surface area contributed by atoms with Gasteiger partial charge >= 0.3 is 0 Å². The van der Waals surface area contributed by atoms with Crippen LogP contribution in [0, 0.1) is 0 Å². The lowest BCUT2D eigenvalue weighted by molar-refractivity contribution is -0.120. The fraction of sp³-hybridized carbons (Fsp3) is 0.500. The van der Waals surface area contributed by atoms with Crippen LogP contribution in [-0.2, 0) is 9.47 Å². The molecular weight excluding hydrogens is 224 g/mol. The fourth-order valence-corrected chi connectivity index (χ4v) is 2.07. The molecule has 1 N–H and O–H groups in total. The summed E-state index contributed by atoms with van der Waals surface area (Å²) in [7, 11) is 0. The molecule has 16 heavy (non-hydrogen) atoms. The van der Waals surface area contributed by atoms with Gasteiger partial charge in [-0.2, -0.15) is 0 Å². The van der Waals surface area contributed by atoms with Gasteiger partial charge in [0.2, 0.25) is 0 Å². The van der Waals surface area contributed by atoms with Gasteiger partial charge in [-0.05, 0) is 38.1 Å². The first-order valence-electron chi connectivity index (χ1n) is 5.41. The summed E-state index contributed by atoms with van der Waals surface area (Å²) in [5.41, 5.74) is 0. The number of ether oxygens (including phenoxy) is 2. The second-order valence-corrected chi connectivity index (χ2v) is 4.24. The summed E-state index contributed by atoms with van der Waals surface area (Å²) in [5.74, 6) is 1.04. The van der Waals surface area contributed by atoms with Gasteiger partial charge in [-0.1, -0.05) is 0 Å². The highest BCUT2D eigenvalue weighted by atomic mass is 32.2. The smallest absolute Gasteiger partial charge is 0.166 e. The largest absolute Gasteiger partial charge is 0.508 e. The van der Waals surface area contributed by atoms with Crippen molar-refractivity contribution in [2.24, 2.45) is 0 Å². The van der Waals surface area contributed by atoms with Gasteiger partial charge in [0, 0.05) is 23.9 Å². The Balaban J connectivity index is 2.38. The van der Waals surface area contributed by atoms with Gasteiger partial charge in [-0.25, -0.2) is 0 Å². The van der Waals surface area contributed by atoms with Crippen LogP contribution in [0.3, 0.4) is 0 Å². The molecule has 0 bridgehead atoms. The highest BCUT2D eigenvalue weighted by Gasteiger charge is 2.08. The molecule has 0 fully saturated rings. The number of hydrogen-bond donors (Lipinski definition) is 1. The maximum Gasteiger partial charge on any atom is 0.166 e. The van der Waals surface area contributed by atoms with Crippen LogP contribution < -0.4 is 0 Å². The van der Waals surface area contributed by atoms with E-state index in [4.69, 9.17) is 14.6 Å². The minimum Gasteiger partial charge on any atom is -0.508 e. The van der Waals surface area contributed by atoms with E-state index in [9.17, 15) is 0 Å². The van der Waals surface area contributed by atoms with Crippen LogP contribution in [0.15, 0.2) is 29.2 Å². The van der Waals surface area contributed by atoms with E-state index in [-0.39, 0.29) is 12.0 Å². The first kappa shape index (κ1) is 13.4. The number of phenolic OH excluding ortho intramolecular Hbond substituents is 1. The molecule has 0 saturated heterocycles. The Hall–Kier alpha value is -0.710. The van der Waals surface area contributed by atoms with Crippen molar-refractivity contribution in [2.45, 2.75) is 25.0 Å². The third kappa shape index (κ3) is 4.88. The summed E-state index contributed by atoms with van der Waals surface area (Å²) in [5, 5.41) is 9.14. The molecule has 0 aliphatic rings. The van der Waals surface area contributed by atoms with Crippen molar-refractivity contribution in [1.29, 1.82) is 0 Å². The number of phenols is 1. The van der Waals surface area contributed by atoms with Crippen molar-refractivity contribution in [3.05, 3.63) is 24.3 Å². The second-order valence-electron chi connectivity index (χ2n) is 3.15. The Bertz CT molecular complexity index is 281. The van der Waals surface area contributed by atoms with E-state index < -0.39 is 0 Å². The van der Waals surface area contributed by atoms with Crippen LogP contribution in [0.2, 0.25) is 0 Å². The maximum atomic E-state index is 9.14. The minimum atomic E-state index is -0.159. The molecule has 1 rings (SSSR count). The zero-order chi connectivity index (χ0) is 11.8. The van der Waals surface area contributed by atoms with Crippen LogP contribution in [0.4, 0.5) is 0 Å². The summed E-state index contributed by atoms with van der Waals surface area (Å²) >= 11 is 1.66. The van der Waals surface area contributed by atoms with Crippen molar-refractivity contribution in [3.8, 4) is 5.75 Å². The number of benzene rings is 1. The first-order valence-corrected chi connectivity index (χ1v) is 6.39. The lowest BCUT2D eigenvalue weighted by Crippen LogP contribution is -2.19.